The molecule has 8 nitrogen and oxygen atoms in total. The molecule has 10 heteroatoms. The number of benzene rings is 2. The third-order valence-corrected chi connectivity index (χ3v) is 7.32. The molecule has 2 atom stereocenters. The normalized spacial score (nSPS) is 19.1. The van der Waals surface area contributed by atoms with Crippen LogP contribution in [0.25, 0.3) is 10.9 Å². The Hall–Kier alpha value is -3.95. The van der Waals surface area contributed by atoms with E-state index in [1.807, 2.05) is 37.3 Å². The van der Waals surface area contributed by atoms with E-state index in [0.717, 1.165) is 30.9 Å². The van der Waals surface area contributed by atoms with Gasteiger partial charge in [0, 0.05) is 18.8 Å². The Bertz CT molecular complexity index is 1460. The quantitative estimate of drug-likeness (QED) is 0.411. The predicted octanol–water partition coefficient (Wildman–Crippen LogP) is 5.28. The molecule has 39 heavy (non-hydrogen) atoms. The molecule has 1 saturated heterocycles. The number of fused-ring (bicyclic) bond motifs is 1. The number of nitrogens with one attached hydrogen (secondary N) is 1. The van der Waals surface area contributed by atoms with Crippen LogP contribution < -0.4 is 15.6 Å². The van der Waals surface area contributed by atoms with Gasteiger partial charge in [0.15, 0.2) is 5.82 Å². The molecule has 3 aromatic rings. The molecule has 1 amide bonds. The lowest BCUT2D eigenvalue weighted by Gasteiger charge is -2.41. The number of rotatable bonds is 7. The maximum atomic E-state index is 16.3. The van der Waals surface area contributed by atoms with E-state index < -0.39 is 35.3 Å². The van der Waals surface area contributed by atoms with Crippen molar-refractivity contribution in [1.29, 1.82) is 0 Å². The van der Waals surface area contributed by atoms with Gasteiger partial charge in [0.2, 0.25) is 5.43 Å². The molecule has 1 saturated carbocycles. The summed E-state index contributed by atoms with van der Waals surface area (Å²) in [5, 5.41) is 2.57. The van der Waals surface area contributed by atoms with E-state index in [1.54, 1.807) is 11.5 Å². The summed E-state index contributed by atoms with van der Waals surface area (Å²) < 4.78 is 43.9. The van der Waals surface area contributed by atoms with Gasteiger partial charge in [-0.1, -0.05) is 37.3 Å². The zero-order valence-electron chi connectivity index (χ0n) is 21.9. The van der Waals surface area contributed by atoms with Gasteiger partial charge in [0.05, 0.1) is 17.5 Å². The number of anilines is 1. The minimum Gasteiger partial charge on any atom is -0.462 e. The van der Waals surface area contributed by atoms with E-state index in [1.165, 1.54) is 11.1 Å². The van der Waals surface area contributed by atoms with Crippen molar-refractivity contribution in [2.45, 2.75) is 58.3 Å². The number of piperidine rings is 1. The number of nitrogens with zero attached hydrogens (tertiary/aromatic N) is 2. The smallest absolute Gasteiger partial charge is 0.409 e. The molecule has 2 unspecified atom stereocenters. The van der Waals surface area contributed by atoms with E-state index >= 15 is 8.78 Å². The van der Waals surface area contributed by atoms with E-state index in [9.17, 15) is 14.4 Å². The van der Waals surface area contributed by atoms with Crippen LogP contribution in [0.15, 0.2) is 47.4 Å². The fraction of sp³-hybridized carbons (Fsp3) is 0.414. The molecule has 0 bridgehead atoms. The average Bonchev–Trinajstić information content (AvgIpc) is 3.76. The number of ether oxygens (including phenoxy) is 2. The van der Waals surface area contributed by atoms with Gasteiger partial charge < -0.3 is 24.3 Å². The Morgan fingerprint density at radius 3 is 2.54 bits per heavy atom. The third kappa shape index (κ3) is 5.32. The summed E-state index contributed by atoms with van der Waals surface area (Å²) in [6.45, 7) is 3.93. The standard InChI is InChI=1S/C29H31F2N3O5/c1-3-38-28(36)21-15-34(19-11-12-19)24-20(26(21)35)14-22(30)25(23(24)31)33-13-7-8-17(2)27(33)32-29(37)39-16-18-9-5-4-6-10-18/h4-6,9-10,14-15,17,19,27H,3,7-8,11-13,16H2,1-2H3,(H,32,37). The lowest BCUT2D eigenvalue weighted by Crippen LogP contribution is -2.55. The van der Waals surface area contributed by atoms with E-state index in [0.29, 0.717) is 13.0 Å². The van der Waals surface area contributed by atoms with Crippen LogP contribution in [0.5, 0.6) is 0 Å². The second kappa shape index (κ2) is 11.0. The fourth-order valence-electron chi connectivity index (χ4n) is 5.23. The van der Waals surface area contributed by atoms with Crippen LogP contribution in [0.2, 0.25) is 0 Å². The van der Waals surface area contributed by atoms with Crippen molar-refractivity contribution < 1.29 is 27.8 Å². The molecule has 2 aromatic carbocycles. The van der Waals surface area contributed by atoms with Crippen molar-refractivity contribution in [3.63, 3.8) is 0 Å². The van der Waals surface area contributed by atoms with E-state index in [-0.39, 0.29) is 47.3 Å². The molecule has 2 aliphatic rings. The minimum atomic E-state index is -0.945. The highest BCUT2D eigenvalue weighted by atomic mass is 19.1. The highest BCUT2D eigenvalue weighted by molar-refractivity contribution is 5.95. The van der Waals surface area contributed by atoms with Crippen LogP contribution in [-0.4, -0.2) is 35.9 Å². The van der Waals surface area contributed by atoms with Crippen molar-refractivity contribution in [2.75, 3.05) is 18.1 Å². The van der Waals surface area contributed by atoms with Crippen LogP contribution >= 0.6 is 0 Å². The minimum absolute atomic E-state index is 0.0585. The van der Waals surface area contributed by atoms with Gasteiger partial charge in [-0.3, -0.25) is 4.79 Å². The number of halogens is 2. The maximum absolute atomic E-state index is 16.3. The van der Waals surface area contributed by atoms with Gasteiger partial charge >= 0.3 is 12.1 Å². The highest BCUT2D eigenvalue weighted by Crippen LogP contribution is 2.40. The summed E-state index contributed by atoms with van der Waals surface area (Å²) in [6, 6.07) is 10.1. The lowest BCUT2D eigenvalue weighted by atomic mass is 9.95. The van der Waals surface area contributed by atoms with Crippen LogP contribution in [0, 0.1) is 17.6 Å². The molecule has 1 aliphatic heterocycles. The first-order valence-corrected chi connectivity index (χ1v) is 13.3. The number of carbonyl (C=O) groups is 2. The maximum Gasteiger partial charge on any atom is 0.409 e. The molecule has 0 spiro atoms. The number of hydrogen-bond acceptors (Lipinski definition) is 6. The second-order valence-corrected chi connectivity index (χ2v) is 10.1. The summed E-state index contributed by atoms with van der Waals surface area (Å²) in [6.07, 6.45) is 2.77. The van der Waals surface area contributed by atoms with Crippen molar-refractivity contribution in [1.82, 2.24) is 9.88 Å². The number of esters is 1. The highest BCUT2D eigenvalue weighted by Gasteiger charge is 2.36. The molecule has 206 valence electrons. The average molecular weight is 540 g/mol. The fourth-order valence-corrected chi connectivity index (χ4v) is 5.23. The summed E-state index contributed by atoms with van der Waals surface area (Å²) in [5.41, 5.74) is -0.602. The number of alkyl carbamates (subject to hydrolysis) is 1. The molecule has 0 radical (unpaired) electrons. The van der Waals surface area contributed by atoms with Crippen LogP contribution in [-0.2, 0) is 16.1 Å². The third-order valence-electron chi connectivity index (χ3n) is 7.32. The summed E-state index contributed by atoms with van der Waals surface area (Å²) >= 11 is 0. The molecule has 1 aromatic heterocycles. The van der Waals surface area contributed by atoms with Gasteiger partial charge in [-0.05, 0) is 50.2 Å². The van der Waals surface area contributed by atoms with Crippen molar-refractivity contribution in [3.8, 4) is 0 Å². The van der Waals surface area contributed by atoms with Crippen molar-refractivity contribution >= 4 is 28.7 Å². The molecular weight excluding hydrogens is 508 g/mol. The van der Waals surface area contributed by atoms with Gasteiger partial charge in [-0.15, -0.1) is 0 Å². The molecule has 2 fully saturated rings. The van der Waals surface area contributed by atoms with Gasteiger partial charge in [-0.25, -0.2) is 18.4 Å². The van der Waals surface area contributed by atoms with E-state index in [4.69, 9.17) is 9.47 Å². The van der Waals surface area contributed by atoms with Gasteiger partial charge in [-0.2, -0.15) is 0 Å². The molecule has 1 N–H and O–H groups in total. The van der Waals surface area contributed by atoms with Crippen molar-refractivity contribution in [2.24, 2.45) is 5.92 Å². The molecular formula is C29H31F2N3O5. The first-order valence-electron chi connectivity index (χ1n) is 13.3. The lowest BCUT2D eigenvalue weighted by molar-refractivity contribution is 0.0524. The predicted molar refractivity (Wildman–Crippen MR) is 142 cm³/mol. The molecule has 5 rings (SSSR count). The topological polar surface area (TPSA) is 89.9 Å². The zero-order chi connectivity index (χ0) is 27.7. The number of amides is 1. The summed E-state index contributed by atoms with van der Waals surface area (Å²) in [7, 11) is 0. The van der Waals surface area contributed by atoms with Crippen LogP contribution in [0.3, 0.4) is 0 Å². The zero-order valence-corrected chi connectivity index (χ0v) is 21.9. The van der Waals surface area contributed by atoms with Crippen LogP contribution in [0.4, 0.5) is 19.3 Å². The Morgan fingerprint density at radius 1 is 1.10 bits per heavy atom. The number of carbonyl (C=O) groups excluding carboxylic acids is 2. The number of pyridine rings is 1. The number of aromatic nitrogens is 1. The summed E-state index contributed by atoms with van der Waals surface area (Å²) in [4.78, 5) is 39.8. The monoisotopic (exact) mass is 539 g/mol. The van der Waals surface area contributed by atoms with Gasteiger partial charge in [0.1, 0.15) is 29.8 Å². The SMILES string of the molecule is CCOC(=O)c1cn(C2CC2)c2c(F)c(N3CCCC(C)C3NC(=O)OCc3ccccc3)c(F)cc2c1=O. The Labute approximate surface area is 224 Å². The van der Waals surface area contributed by atoms with Crippen molar-refractivity contribution in [3.05, 3.63) is 75.6 Å². The Balaban J connectivity index is 1.52. The first-order chi connectivity index (χ1) is 18.8. The first kappa shape index (κ1) is 26.6. The molecule has 2 heterocycles. The van der Waals surface area contributed by atoms with Crippen LogP contribution in [0.1, 0.15) is 61.5 Å². The number of hydrogen-bond donors (Lipinski definition) is 1. The summed E-state index contributed by atoms with van der Waals surface area (Å²) in [5.74, 6) is -2.80. The second-order valence-electron chi connectivity index (χ2n) is 10.1. The van der Waals surface area contributed by atoms with Gasteiger partial charge in [0.25, 0.3) is 0 Å². The largest absolute Gasteiger partial charge is 0.462 e. The Kier molecular flexibility index (Phi) is 7.54. The Morgan fingerprint density at radius 2 is 1.85 bits per heavy atom. The molecule has 1 aliphatic carbocycles. The van der Waals surface area contributed by atoms with E-state index in [2.05, 4.69) is 5.32 Å².